The van der Waals surface area contributed by atoms with E-state index in [0.717, 1.165) is 82.5 Å². The Morgan fingerprint density at radius 2 is 0.689 bits per heavy atom. The van der Waals surface area contributed by atoms with E-state index in [1.807, 2.05) is 177 Å². The normalized spacial score (nSPS) is 11.8. The van der Waals surface area contributed by atoms with Gasteiger partial charge in [-0.15, -0.1) is 88.2 Å². The van der Waals surface area contributed by atoms with Crippen LogP contribution < -0.4 is 0 Å². The van der Waals surface area contributed by atoms with Crippen molar-refractivity contribution in [2.24, 2.45) is 5.41 Å². The summed E-state index contributed by atoms with van der Waals surface area (Å²) < 4.78 is 28.0. The molecule has 0 spiro atoms. The summed E-state index contributed by atoms with van der Waals surface area (Å²) in [5.41, 5.74) is 22.4. The molecular weight excluding hydrogens is 1860 g/mol. The van der Waals surface area contributed by atoms with Gasteiger partial charge < -0.3 is 14.4 Å². The van der Waals surface area contributed by atoms with Crippen LogP contribution in [0.4, 0.5) is 0 Å². The first kappa shape index (κ1) is 82.3. The van der Waals surface area contributed by atoms with Crippen molar-refractivity contribution in [2.75, 3.05) is 0 Å². The Balaban J connectivity index is 0.000000112. The third-order valence-corrected chi connectivity index (χ3v) is 27.7. The molecule has 0 saturated heterocycles. The summed E-state index contributed by atoms with van der Waals surface area (Å²) in [6, 6.07) is 160. The predicted molar refractivity (Wildman–Crippen MR) is 568 cm³/mol. The first-order chi connectivity index (χ1) is 66.9. The minimum Gasteiger partial charge on any atom is -0.455 e. The maximum absolute atomic E-state index is 8.21. The zero-order valence-electron chi connectivity index (χ0n) is 76.0. The van der Waals surface area contributed by atoms with E-state index in [1.54, 1.807) is 6.20 Å². The molecular formula is C126H85IrN5OS2-2. The zero-order chi connectivity index (χ0) is 91.4. The Morgan fingerprint density at radius 1 is 0.289 bits per heavy atom. The van der Waals surface area contributed by atoms with Gasteiger partial charge >= 0.3 is 0 Å². The van der Waals surface area contributed by atoms with Crippen LogP contribution in [-0.4, -0.2) is 24.9 Å². The van der Waals surface area contributed by atoms with Crippen LogP contribution in [0.15, 0.2) is 454 Å². The van der Waals surface area contributed by atoms with E-state index in [0.29, 0.717) is 23.0 Å². The monoisotopic (exact) mass is 1940 g/mol. The fourth-order valence-electron chi connectivity index (χ4n) is 18.9. The molecule has 0 bridgehead atoms. The first-order valence-corrected chi connectivity index (χ1v) is 46.9. The number of pyridine rings is 2. The molecule has 20 aromatic carbocycles. The van der Waals surface area contributed by atoms with E-state index in [9.17, 15) is 0 Å². The Labute approximate surface area is 807 Å². The quantitative estimate of drug-likeness (QED) is 0.0949. The largest absolute Gasteiger partial charge is 0.455 e. The van der Waals surface area contributed by atoms with Crippen molar-refractivity contribution in [3.05, 3.63) is 467 Å². The van der Waals surface area contributed by atoms with Gasteiger partial charge in [0, 0.05) is 108 Å². The summed E-state index contributed by atoms with van der Waals surface area (Å²) in [5.74, 6) is 1.97. The van der Waals surface area contributed by atoms with E-state index < -0.39 is 11.8 Å². The summed E-state index contributed by atoms with van der Waals surface area (Å²) in [7, 11) is 0. The van der Waals surface area contributed by atoms with E-state index >= 15 is 0 Å². The average Bonchev–Trinajstić information content (AvgIpc) is 1.71. The molecule has 9 heteroatoms. The fraction of sp³-hybridized carbons (Fsp3) is 0.0397. The molecule has 0 unspecified atom stereocenters. The Morgan fingerprint density at radius 3 is 1.24 bits per heavy atom. The van der Waals surface area contributed by atoms with Crippen LogP contribution in [0, 0.1) is 17.5 Å². The van der Waals surface area contributed by atoms with Crippen molar-refractivity contribution in [3.63, 3.8) is 0 Å². The van der Waals surface area contributed by atoms with Crippen LogP contribution in [0.25, 0.3) is 239 Å². The molecule has 26 rings (SSSR count). The first-order valence-electron chi connectivity index (χ1n) is 46.2. The number of thiophene rings is 2. The molecule has 0 aliphatic rings. The Bertz CT molecular complexity index is 8910. The summed E-state index contributed by atoms with van der Waals surface area (Å²) in [4.78, 5) is 23.8. The molecule has 1 radical (unpaired) electrons. The molecule has 0 aliphatic carbocycles. The average molecular weight is 1940 g/mol. The summed E-state index contributed by atoms with van der Waals surface area (Å²) >= 11 is 3.78. The third-order valence-electron chi connectivity index (χ3n) is 25.1. The van der Waals surface area contributed by atoms with Gasteiger partial charge in [-0.3, -0.25) is 0 Å². The Hall–Kier alpha value is -15.8. The third kappa shape index (κ3) is 16.6. The van der Waals surface area contributed by atoms with Gasteiger partial charge in [-0.05, 0) is 169 Å². The van der Waals surface area contributed by atoms with Crippen LogP contribution in [0.3, 0.4) is 0 Å². The van der Waals surface area contributed by atoms with Crippen molar-refractivity contribution < 1.29 is 27.3 Å². The second-order valence-electron chi connectivity index (χ2n) is 34.7. The van der Waals surface area contributed by atoms with Gasteiger partial charge in [-0.25, -0.2) is 15.0 Å². The topological polar surface area (TPSA) is 77.6 Å². The van der Waals surface area contributed by atoms with Crippen LogP contribution in [-0.2, 0) is 26.5 Å². The zero-order valence-corrected chi connectivity index (χ0v) is 78.0. The standard InChI is InChI=1S/C45H29N3S.C42H26S.C23H12NO.C16H18N.Ir/c1-4-13-30(14-5-1)31-25-27-32(28-26-31)37-21-11-23-39-40-24-12-22-38(42(40)49-41(37)39)35-19-10-20-36(29-35)45-47-43(33-15-6-2-7-16-33)46-44(48-45)34-17-8-3-9-18-34;1-2-11-27(12-3-1)31-19-9-21-38-39-22-10-20-32(42(39)43-41(31)38)30-14-8-13-28(25-30)29-23-24-37-35-17-5-4-15-33(35)34-16-6-7-18-36(34)40(37)26-29;1-2-8-17-14(6-1)16-11-12-18-15-7-3-4-10-20(15)25-23(18)21(16)19-9-5-13-24-22(17)19;1-16(2,3)11-13-9-10-15(17-12-13)14-7-5-4-6-8-14;/h1-29H;1-26H;1-7,9-13H;4-7,9-10,12H,11H2,1-3H3;/q;;2*-1;/i;;;11D2;. The smallest absolute Gasteiger partial charge is 0.164 e. The van der Waals surface area contributed by atoms with Crippen LogP contribution in [0.5, 0.6) is 0 Å². The summed E-state index contributed by atoms with van der Waals surface area (Å²) in [6.45, 7) is 5.68. The van der Waals surface area contributed by atoms with Crippen molar-refractivity contribution in [1.29, 1.82) is 0 Å². The van der Waals surface area contributed by atoms with Gasteiger partial charge in [0.1, 0.15) is 11.2 Å². The number of hydrogen-bond donors (Lipinski definition) is 0. The molecule has 0 aliphatic heterocycles. The van der Waals surface area contributed by atoms with E-state index in [2.05, 4.69) is 331 Å². The molecule has 0 amide bonds. The van der Waals surface area contributed by atoms with Crippen molar-refractivity contribution in [3.8, 4) is 112 Å². The van der Waals surface area contributed by atoms with Crippen LogP contribution >= 0.6 is 22.7 Å². The molecule has 6 aromatic heterocycles. The number of aromatic nitrogens is 5. The van der Waals surface area contributed by atoms with Crippen molar-refractivity contribution >= 4 is 150 Å². The predicted octanol–water partition coefficient (Wildman–Crippen LogP) is 35.1. The van der Waals surface area contributed by atoms with Crippen LogP contribution in [0.1, 0.15) is 29.1 Å². The molecule has 6 nitrogen and oxygen atoms in total. The van der Waals surface area contributed by atoms with Gasteiger partial charge in [0.25, 0.3) is 0 Å². The maximum atomic E-state index is 8.21. The molecule has 0 atom stereocenters. The van der Waals surface area contributed by atoms with Gasteiger partial charge in [0.05, 0.1) is 0 Å². The van der Waals surface area contributed by atoms with Crippen LogP contribution in [0.2, 0.25) is 0 Å². The van der Waals surface area contributed by atoms with Gasteiger partial charge in [0.15, 0.2) is 17.5 Å². The summed E-state index contributed by atoms with van der Waals surface area (Å²) in [6.07, 6.45) is 2.06. The van der Waals surface area contributed by atoms with Gasteiger partial charge in [0.2, 0.25) is 0 Å². The van der Waals surface area contributed by atoms with E-state index in [1.165, 1.54) is 139 Å². The Kier molecular flexibility index (Phi) is 22.4. The second kappa shape index (κ2) is 36.7. The molecule has 0 fully saturated rings. The second-order valence-corrected chi connectivity index (χ2v) is 36.7. The van der Waals surface area contributed by atoms with Gasteiger partial charge in [-0.2, -0.15) is 0 Å². The SMILES string of the molecule is [2H]C([2H])(c1ccc(-c2[c-]cccc2)nc1)C(C)(C)C.[Ir].[c-]1cccc2c1c1ncccc1c1c2ccc2c3ccccc3oc21.c1ccc(-c2ccc(-c3cccc4c3sc3c(-c5cccc(-c6nc(-c7ccccc7)nc(-c7ccccc7)n6)c5)cccc34)cc2)cc1.c1ccc(-c2cccc3c2sc2c(-c4cccc(-c5ccc6c7ccccc7c7ccccc7c6c5)c4)cccc23)cc1. The van der Waals surface area contributed by atoms with Crippen molar-refractivity contribution in [1.82, 2.24) is 24.9 Å². The number of para-hydroxylation sites is 1. The van der Waals surface area contributed by atoms with Crippen molar-refractivity contribution in [2.45, 2.75) is 27.1 Å². The minimum absolute atomic E-state index is 0. The molecule has 6 heterocycles. The van der Waals surface area contributed by atoms with E-state index in [4.69, 9.17) is 22.1 Å². The number of benzene rings is 20. The molecule has 0 saturated carbocycles. The fourth-order valence-corrected chi connectivity index (χ4v) is 21.7. The number of furan rings is 1. The maximum Gasteiger partial charge on any atom is 0.164 e. The molecule has 135 heavy (non-hydrogen) atoms. The molecule has 0 N–H and O–H groups in total. The molecule has 643 valence electrons. The van der Waals surface area contributed by atoms with E-state index in [-0.39, 0.29) is 20.1 Å². The number of rotatable bonds is 11. The van der Waals surface area contributed by atoms with Gasteiger partial charge in [-0.1, -0.05) is 390 Å². The number of nitrogens with zero attached hydrogens (tertiary/aromatic N) is 5. The number of hydrogen-bond acceptors (Lipinski definition) is 8. The minimum atomic E-state index is -1.40. The summed E-state index contributed by atoms with van der Waals surface area (Å²) in [5, 5.41) is 21.0. The number of fused-ring (bicyclic) bond motifs is 22. The molecule has 26 aromatic rings.